The van der Waals surface area contributed by atoms with Crippen molar-refractivity contribution in [1.82, 2.24) is 10.3 Å². The Morgan fingerprint density at radius 3 is 2.77 bits per heavy atom. The predicted molar refractivity (Wildman–Crippen MR) is 109 cm³/mol. The lowest BCUT2D eigenvalue weighted by atomic mass is 10.0. The molecule has 1 fully saturated rings. The first-order valence-electron chi connectivity index (χ1n) is 9.17. The molecule has 26 heavy (non-hydrogen) atoms. The fraction of sp³-hybridized carbons (Fsp3) is 0.333. The third kappa shape index (κ3) is 3.69. The largest absolute Gasteiger partial charge is 0.364 e. The van der Waals surface area contributed by atoms with Gasteiger partial charge in [-0.2, -0.15) is 0 Å². The Labute approximate surface area is 157 Å². The van der Waals surface area contributed by atoms with Crippen LogP contribution in [0, 0.1) is 0 Å². The van der Waals surface area contributed by atoms with Crippen LogP contribution < -0.4 is 10.2 Å². The first kappa shape index (κ1) is 17.3. The van der Waals surface area contributed by atoms with Gasteiger partial charge in [-0.3, -0.25) is 4.21 Å². The normalized spacial score (nSPS) is 16.7. The minimum absolute atomic E-state index is 0.517. The lowest BCUT2D eigenvalue weighted by molar-refractivity contribution is 0.428. The van der Waals surface area contributed by atoms with E-state index < -0.39 is 10.8 Å². The lowest BCUT2D eigenvalue weighted by Gasteiger charge is -2.36. The van der Waals surface area contributed by atoms with E-state index in [2.05, 4.69) is 51.6 Å². The highest BCUT2D eigenvalue weighted by Crippen LogP contribution is 2.28. The predicted octanol–water partition coefficient (Wildman–Crippen LogP) is 3.66. The standard InChI is InChI=1S/C21H25N3OS/c1-26(25)20-4-2-3-16(13-20)15-24(18-8-10-22-11-9-18)19-5-6-21-17(14-19)7-12-23-21/h2-7,12-14,18,22-23H,8-11,15H2,1H3. The molecule has 136 valence electrons. The van der Waals surface area contributed by atoms with Crippen LogP contribution >= 0.6 is 0 Å². The third-order valence-electron chi connectivity index (χ3n) is 5.20. The molecular weight excluding hydrogens is 342 g/mol. The number of hydrogen-bond donors (Lipinski definition) is 2. The third-order valence-corrected chi connectivity index (χ3v) is 6.12. The van der Waals surface area contributed by atoms with E-state index >= 15 is 0 Å². The van der Waals surface area contributed by atoms with Gasteiger partial charge in [0.1, 0.15) is 0 Å². The van der Waals surface area contributed by atoms with Crippen LogP contribution in [-0.2, 0) is 17.3 Å². The molecule has 2 N–H and O–H groups in total. The molecule has 1 atom stereocenters. The first-order valence-corrected chi connectivity index (χ1v) is 10.7. The van der Waals surface area contributed by atoms with Gasteiger partial charge in [-0.1, -0.05) is 12.1 Å². The number of piperidine rings is 1. The summed E-state index contributed by atoms with van der Waals surface area (Å²) in [6, 6.07) is 17.5. The van der Waals surface area contributed by atoms with Crippen LogP contribution in [-0.4, -0.2) is 34.6 Å². The van der Waals surface area contributed by atoms with Crippen molar-refractivity contribution in [2.45, 2.75) is 30.3 Å². The monoisotopic (exact) mass is 367 g/mol. The maximum atomic E-state index is 11.9. The number of nitrogens with zero attached hydrogens (tertiary/aromatic N) is 1. The van der Waals surface area contributed by atoms with Gasteiger partial charge in [0.15, 0.2) is 0 Å². The van der Waals surface area contributed by atoms with Crippen LogP contribution in [0.25, 0.3) is 10.9 Å². The Morgan fingerprint density at radius 2 is 1.96 bits per heavy atom. The summed E-state index contributed by atoms with van der Waals surface area (Å²) in [5, 5.41) is 4.70. The van der Waals surface area contributed by atoms with Crippen LogP contribution in [0.5, 0.6) is 0 Å². The quantitative estimate of drug-likeness (QED) is 0.723. The molecule has 0 saturated carbocycles. The minimum Gasteiger partial charge on any atom is -0.364 e. The van der Waals surface area contributed by atoms with Crippen molar-refractivity contribution >= 4 is 27.4 Å². The molecule has 0 bridgehead atoms. The van der Waals surface area contributed by atoms with E-state index in [0.717, 1.165) is 37.4 Å². The Balaban J connectivity index is 1.68. The molecule has 4 nitrogen and oxygen atoms in total. The van der Waals surface area contributed by atoms with Gasteiger partial charge in [-0.15, -0.1) is 0 Å². The zero-order valence-corrected chi connectivity index (χ0v) is 15.9. The summed E-state index contributed by atoms with van der Waals surface area (Å²) in [7, 11) is -0.949. The van der Waals surface area contributed by atoms with E-state index in [9.17, 15) is 4.21 Å². The number of aromatic amines is 1. The highest BCUT2D eigenvalue weighted by molar-refractivity contribution is 7.84. The maximum absolute atomic E-state index is 11.9. The lowest BCUT2D eigenvalue weighted by Crippen LogP contribution is -2.43. The number of hydrogen-bond acceptors (Lipinski definition) is 3. The SMILES string of the molecule is CS(=O)c1cccc(CN(c2ccc3[nH]ccc3c2)C2CCNCC2)c1. The summed E-state index contributed by atoms with van der Waals surface area (Å²) < 4.78 is 11.9. The van der Waals surface area contributed by atoms with Crippen LogP contribution in [0.3, 0.4) is 0 Å². The minimum atomic E-state index is -0.949. The number of aromatic nitrogens is 1. The zero-order valence-electron chi connectivity index (χ0n) is 15.1. The van der Waals surface area contributed by atoms with Crippen molar-refractivity contribution < 1.29 is 4.21 Å². The number of benzene rings is 2. The van der Waals surface area contributed by atoms with E-state index in [1.54, 1.807) is 6.26 Å². The smallest absolute Gasteiger partial charge is 0.0498 e. The summed E-state index contributed by atoms with van der Waals surface area (Å²) >= 11 is 0. The molecule has 0 aliphatic carbocycles. The topological polar surface area (TPSA) is 48.1 Å². The van der Waals surface area contributed by atoms with Gasteiger partial charge in [0.2, 0.25) is 0 Å². The molecule has 2 aromatic carbocycles. The first-order chi connectivity index (χ1) is 12.7. The van der Waals surface area contributed by atoms with E-state index in [4.69, 9.17) is 0 Å². The van der Waals surface area contributed by atoms with Crippen LogP contribution in [0.2, 0.25) is 0 Å². The van der Waals surface area contributed by atoms with Crippen molar-refractivity contribution in [3.63, 3.8) is 0 Å². The molecule has 2 heterocycles. The Morgan fingerprint density at radius 1 is 1.12 bits per heavy atom. The molecule has 3 aromatic rings. The Hall–Kier alpha value is -2.11. The molecule has 4 rings (SSSR count). The van der Waals surface area contributed by atoms with Crippen molar-refractivity contribution in [3.8, 4) is 0 Å². The number of nitrogens with one attached hydrogen (secondary N) is 2. The molecule has 0 amide bonds. The molecule has 1 aliphatic rings. The second-order valence-electron chi connectivity index (χ2n) is 6.96. The Bertz CT molecular complexity index is 914. The maximum Gasteiger partial charge on any atom is 0.0498 e. The van der Waals surface area contributed by atoms with Gasteiger partial charge in [-0.25, -0.2) is 0 Å². The molecule has 1 saturated heterocycles. The second-order valence-corrected chi connectivity index (χ2v) is 8.34. The van der Waals surface area contributed by atoms with Gasteiger partial charge >= 0.3 is 0 Å². The molecule has 0 spiro atoms. The second kappa shape index (κ2) is 7.64. The van der Waals surface area contributed by atoms with Crippen LogP contribution in [0.1, 0.15) is 18.4 Å². The molecule has 1 aromatic heterocycles. The average Bonchev–Trinajstić information content (AvgIpc) is 3.15. The number of rotatable bonds is 5. The number of fused-ring (bicyclic) bond motifs is 1. The van der Waals surface area contributed by atoms with Crippen molar-refractivity contribution in [2.75, 3.05) is 24.2 Å². The van der Waals surface area contributed by atoms with Crippen molar-refractivity contribution in [2.24, 2.45) is 0 Å². The molecule has 1 unspecified atom stereocenters. The van der Waals surface area contributed by atoms with E-state index in [-0.39, 0.29) is 0 Å². The Kier molecular flexibility index (Phi) is 5.09. The fourth-order valence-corrected chi connectivity index (χ4v) is 4.38. The molecule has 1 aliphatic heterocycles. The summed E-state index contributed by atoms with van der Waals surface area (Å²) in [5.74, 6) is 0. The van der Waals surface area contributed by atoms with Gasteiger partial charge in [-0.05, 0) is 67.9 Å². The molecule has 0 radical (unpaired) electrons. The molecule has 5 heteroatoms. The van der Waals surface area contributed by atoms with Gasteiger partial charge < -0.3 is 15.2 Å². The van der Waals surface area contributed by atoms with Crippen LogP contribution in [0.15, 0.2) is 59.6 Å². The van der Waals surface area contributed by atoms with E-state index in [1.807, 2.05) is 18.3 Å². The van der Waals surface area contributed by atoms with E-state index in [1.165, 1.54) is 22.2 Å². The number of H-pyrrole nitrogens is 1. The highest BCUT2D eigenvalue weighted by Gasteiger charge is 2.22. The summed E-state index contributed by atoms with van der Waals surface area (Å²) in [6.07, 6.45) is 6.02. The van der Waals surface area contributed by atoms with Gasteiger partial charge in [0, 0.05) is 57.3 Å². The number of anilines is 1. The molecular formula is C21H25N3OS. The summed E-state index contributed by atoms with van der Waals surface area (Å²) in [6.45, 7) is 2.96. The van der Waals surface area contributed by atoms with Crippen molar-refractivity contribution in [3.05, 3.63) is 60.3 Å². The fourth-order valence-electron chi connectivity index (χ4n) is 3.79. The summed E-state index contributed by atoms with van der Waals surface area (Å²) in [4.78, 5) is 6.69. The van der Waals surface area contributed by atoms with E-state index in [0.29, 0.717) is 6.04 Å². The van der Waals surface area contributed by atoms with Gasteiger partial charge in [0.05, 0.1) is 0 Å². The average molecular weight is 368 g/mol. The van der Waals surface area contributed by atoms with Crippen molar-refractivity contribution in [1.29, 1.82) is 0 Å². The summed E-state index contributed by atoms with van der Waals surface area (Å²) in [5.41, 5.74) is 3.64. The van der Waals surface area contributed by atoms with Crippen LogP contribution in [0.4, 0.5) is 5.69 Å². The van der Waals surface area contributed by atoms with Gasteiger partial charge in [0.25, 0.3) is 0 Å². The zero-order chi connectivity index (χ0) is 17.9. The highest BCUT2D eigenvalue weighted by atomic mass is 32.2.